The van der Waals surface area contributed by atoms with Crippen molar-refractivity contribution in [1.29, 1.82) is 0 Å². The van der Waals surface area contributed by atoms with Gasteiger partial charge >= 0.3 is 0 Å². The van der Waals surface area contributed by atoms with Crippen molar-refractivity contribution in [2.45, 2.75) is 25.5 Å². The quantitative estimate of drug-likeness (QED) is 0.510. The number of benzene rings is 1. The van der Waals surface area contributed by atoms with Crippen LogP contribution >= 0.6 is 11.3 Å². The van der Waals surface area contributed by atoms with Crippen LogP contribution in [0.25, 0.3) is 0 Å². The topological polar surface area (TPSA) is 114 Å². The number of rotatable bonds is 8. The van der Waals surface area contributed by atoms with E-state index in [0.29, 0.717) is 15.8 Å². The van der Waals surface area contributed by atoms with Gasteiger partial charge in [0.15, 0.2) is 23.5 Å². The number of aromatic nitrogens is 4. The average molecular weight is 474 g/mol. The zero-order valence-electron chi connectivity index (χ0n) is 18.4. The monoisotopic (exact) mass is 473 g/mol. The number of anilines is 3. The van der Waals surface area contributed by atoms with Gasteiger partial charge < -0.3 is 19.7 Å². The fraction of sp³-hybridized carbons (Fsp3) is 0.381. The van der Waals surface area contributed by atoms with Gasteiger partial charge in [0.2, 0.25) is 10.3 Å². The van der Waals surface area contributed by atoms with Crippen molar-refractivity contribution in [1.82, 2.24) is 20.4 Å². The summed E-state index contributed by atoms with van der Waals surface area (Å²) in [5, 5.41) is 23.5. The average Bonchev–Trinajstić information content (AvgIpc) is 3.45. The minimum absolute atomic E-state index is 0.0342. The predicted molar refractivity (Wildman–Crippen MR) is 122 cm³/mol. The second-order valence-electron chi connectivity index (χ2n) is 7.52. The highest BCUT2D eigenvalue weighted by Crippen LogP contribution is 2.28. The summed E-state index contributed by atoms with van der Waals surface area (Å²) in [5.41, 5.74) is 1.34. The Balaban J connectivity index is 1.35. The Bertz CT molecular complexity index is 1110. The van der Waals surface area contributed by atoms with Gasteiger partial charge in [-0.15, -0.1) is 15.3 Å². The summed E-state index contributed by atoms with van der Waals surface area (Å²) in [6.45, 7) is 3.52. The standard InChI is InChI=1S/C21H24FN7O3S/c1-12-4-7-17(26-25-12)29-9-8-14(11-29)23-20-27-28-21(33-20)24-19(30)18(32-3)13-5-6-15(22)16(10-13)31-2/h4-7,10,14,18H,8-9,11H2,1-3H3,(H,23,27)(H,24,28,30)/t14-,18-/m1/s1. The molecule has 10 nitrogen and oxygen atoms in total. The van der Waals surface area contributed by atoms with E-state index in [-0.39, 0.29) is 11.8 Å². The van der Waals surface area contributed by atoms with E-state index in [9.17, 15) is 9.18 Å². The first-order valence-electron chi connectivity index (χ1n) is 10.3. The number of amides is 1. The Hall–Kier alpha value is -3.38. The zero-order chi connectivity index (χ0) is 23.4. The zero-order valence-corrected chi connectivity index (χ0v) is 19.2. The molecule has 1 aromatic carbocycles. The molecule has 174 valence electrons. The number of carbonyl (C=O) groups excluding carboxylic acids is 1. The van der Waals surface area contributed by atoms with Crippen LogP contribution in [0.1, 0.15) is 23.8 Å². The van der Waals surface area contributed by atoms with E-state index in [4.69, 9.17) is 9.47 Å². The summed E-state index contributed by atoms with van der Waals surface area (Å²) in [7, 11) is 2.76. The van der Waals surface area contributed by atoms with Crippen molar-refractivity contribution in [2.24, 2.45) is 0 Å². The minimum Gasteiger partial charge on any atom is -0.494 e. The molecule has 4 rings (SSSR count). The molecule has 33 heavy (non-hydrogen) atoms. The number of nitrogens with zero attached hydrogens (tertiary/aromatic N) is 5. The maximum absolute atomic E-state index is 13.7. The number of carbonyl (C=O) groups is 1. The van der Waals surface area contributed by atoms with Crippen LogP contribution in [-0.2, 0) is 9.53 Å². The molecule has 0 spiro atoms. The van der Waals surface area contributed by atoms with Crippen LogP contribution in [-0.4, -0.2) is 59.7 Å². The molecule has 2 N–H and O–H groups in total. The van der Waals surface area contributed by atoms with Gasteiger partial charge in [-0.05, 0) is 43.2 Å². The number of ether oxygens (including phenoxy) is 2. The summed E-state index contributed by atoms with van der Waals surface area (Å²) < 4.78 is 24.0. The third kappa shape index (κ3) is 5.34. The largest absolute Gasteiger partial charge is 0.494 e. The van der Waals surface area contributed by atoms with Gasteiger partial charge in [-0.25, -0.2) is 4.39 Å². The highest BCUT2D eigenvalue weighted by molar-refractivity contribution is 7.19. The first kappa shape index (κ1) is 22.8. The summed E-state index contributed by atoms with van der Waals surface area (Å²) in [6, 6.07) is 8.21. The lowest BCUT2D eigenvalue weighted by Gasteiger charge is -2.17. The van der Waals surface area contributed by atoms with Crippen LogP contribution in [0.4, 0.5) is 20.5 Å². The maximum atomic E-state index is 13.7. The molecule has 0 radical (unpaired) electrons. The molecule has 0 saturated carbocycles. The molecule has 1 amide bonds. The molecule has 0 unspecified atom stereocenters. The number of aryl methyl sites for hydroxylation is 1. The van der Waals surface area contributed by atoms with Crippen LogP contribution < -0.4 is 20.3 Å². The smallest absolute Gasteiger partial charge is 0.259 e. The Morgan fingerprint density at radius 3 is 2.73 bits per heavy atom. The SMILES string of the molecule is COc1cc([C@@H](OC)C(=O)Nc2nnc(N[C@@H]3CCN(c4ccc(C)nn4)C3)s2)ccc1F. The van der Waals surface area contributed by atoms with E-state index >= 15 is 0 Å². The third-order valence-corrected chi connectivity index (χ3v) is 6.00. The second kappa shape index (κ2) is 10.0. The summed E-state index contributed by atoms with van der Waals surface area (Å²) in [6.07, 6.45) is -0.0477. The van der Waals surface area contributed by atoms with Crippen LogP contribution in [0.15, 0.2) is 30.3 Å². The lowest BCUT2D eigenvalue weighted by molar-refractivity contribution is -0.126. The number of hydrogen-bond donors (Lipinski definition) is 2. The molecule has 0 aliphatic carbocycles. The normalized spacial score (nSPS) is 16.5. The minimum atomic E-state index is -0.959. The molecule has 1 aliphatic rings. The molecular formula is C21H24FN7O3S. The van der Waals surface area contributed by atoms with Crippen LogP contribution in [0.3, 0.4) is 0 Å². The van der Waals surface area contributed by atoms with E-state index in [1.807, 2.05) is 19.1 Å². The van der Waals surface area contributed by atoms with Crippen LogP contribution in [0.5, 0.6) is 5.75 Å². The lowest BCUT2D eigenvalue weighted by atomic mass is 10.1. The van der Waals surface area contributed by atoms with Crippen molar-refractivity contribution in [3.05, 3.63) is 47.4 Å². The molecular weight excluding hydrogens is 449 g/mol. The van der Waals surface area contributed by atoms with Gasteiger partial charge in [0.1, 0.15) is 0 Å². The van der Waals surface area contributed by atoms with E-state index in [0.717, 1.165) is 31.0 Å². The fourth-order valence-corrected chi connectivity index (χ4v) is 4.28. The van der Waals surface area contributed by atoms with Crippen molar-refractivity contribution in [3.8, 4) is 5.75 Å². The number of nitrogens with one attached hydrogen (secondary N) is 2. The molecule has 3 heterocycles. The third-order valence-electron chi connectivity index (χ3n) is 5.23. The number of hydrogen-bond acceptors (Lipinski definition) is 10. The highest BCUT2D eigenvalue weighted by Gasteiger charge is 2.26. The molecule has 3 aromatic rings. The summed E-state index contributed by atoms with van der Waals surface area (Å²) >= 11 is 1.23. The Labute approximate surface area is 194 Å². The number of halogens is 1. The van der Waals surface area contributed by atoms with Gasteiger partial charge in [-0.3, -0.25) is 10.1 Å². The number of methoxy groups -OCH3 is 2. The highest BCUT2D eigenvalue weighted by atomic mass is 32.1. The van der Waals surface area contributed by atoms with E-state index in [2.05, 4.69) is 35.9 Å². The molecule has 12 heteroatoms. The van der Waals surface area contributed by atoms with Gasteiger partial charge in [-0.2, -0.15) is 5.10 Å². The lowest BCUT2D eigenvalue weighted by Crippen LogP contribution is -2.26. The van der Waals surface area contributed by atoms with Crippen molar-refractivity contribution in [2.75, 3.05) is 42.8 Å². The Morgan fingerprint density at radius 2 is 2.00 bits per heavy atom. The molecule has 1 aliphatic heterocycles. The Kier molecular flexibility index (Phi) is 6.94. The maximum Gasteiger partial charge on any atom is 0.259 e. The second-order valence-corrected chi connectivity index (χ2v) is 8.50. The molecule has 2 atom stereocenters. The molecule has 2 aromatic heterocycles. The molecule has 1 saturated heterocycles. The van der Waals surface area contributed by atoms with Crippen molar-refractivity contribution in [3.63, 3.8) is 0 Å². The van der Waals surface area contributed by atoms with Crippen LogP contribution in [0, 0.1) is 12.7 Å². The molecule has 0 bridgehead atoms. The predicted octanol–water partition coefficient (Wildman–Crippen LogP) is 2.80. The van der Waals surface area contributed by atoms with Gasteiger partial charge in [0.05, 0.1) is 12.8 Å². The van der Waals surface area contributed by atoms with Crippen molar-refractivity contribution >= 4 is 33.3 Å². The first-order valence-corrected chi connectivity index (χ1v) is 11.1. The first-order chi connectivity index (χ1) is 16.0. The van der Waals surface area contributed by atoms with Gasteiger partial charge in [0, 0.05) is 26.2 Å². The summed E-state index contributed by atoms with van der Waals surface area (Å²) in [5.74, 6) is -0.0831. The van der Waals surface area contributed by atoms with E-state index in [1.165, 1.54) is 43.8 Å². The molecule has 1 fully saturated rings. The van der Waals surface area contributed by atoms with E-state index < -0.39 is 17.8 Å². The fourth-order valence-electron chi connectivity index (χ4n) is 3.56. The van der Waals surface area contributed by atoms with Gasteiger partial charge in [-0.1, -0.05) is 17.4 Å². The van der Waals surface area contributed by atoms with Gasteiger partial charge in [0.25, 0.3) is 5.91 Å². The van der Waals surface area contributed by atoms with Crippen molar-refractivity contribution < 1.29 is 18.7 Å². The summed E-state index contributed by atoms with van der Waals surface area (Å²) in [4.78, 5) is 14.9. The van der Waals surface area contributed by atoms with Crippen LogP contribution in [0.2, 0.25) is 0 Å². The van der Waals surface area contributed by atoms with E-state index in [1.54, 1.807) is 0 Å². The Morgan fingerprint density at radius 1 is 1.18 bits per heavy atom.